The van der Waals surface area contributed by atoms with Crippen molar-refractivity contribution in [2.24, 2.45) is 5.92 Å². The monoisotopic (exact) mass is 166 g/mol. The second-order valence-corrected chi connectivity index (χ2v) is 2.92. The van der Waals surface area contributed by atoms with Crippen LogP contribution in [0.5, 0.6) is 0 Å². The molecule has 0 aromatic carbocycles. The van der Waals surface area contributed by atoms with E-state index in [-0.39, 0.29) is 6.61 Å². The van der Waals surface area contributed by atoms with Crippen LogP contribution in [-0.2, 0) is 4.74 Å². The first-order valence-corrected chi connectivity index (χ1v) is 4.02. The van der Waals surface area contributed by atoms with Gasteiger partial charge in [0.1, 0.15) is 0 Å². The van der Waals surface area contributed by atoms with Crippen LogP contribution in [0.1, 0.15) is 33.6 Å². The third kappa shape index (κ3) is 4.30. The quantitative estimate of drug-likeness (QED) is 0.570. The van der Waals surface area contributed by atoms with Crippen molar-refractivity contribution in [2.45, 2.75) is 39.7 Å². The van der Waals surface area contributed by atoms with Crippen molar-refractivity contribution in [1.82, 2.24) is 0 Å². The number of alkyl halides is 2. The Morgan fingerprint density at radius 2 is 1.91 bits per heavy atom. The van der Waals surface area contributed by atoms with Gasteiger partial charge in [0.2, 0.25) is 0 Å². The van der Waals surface area contributed by atoms with Crippen LogP contribution < -0.4 is 0 Å². The number of hydrogen-bond donors (Lipinski definition) is 0. The van der Waals surface area contributed by atoms with E-state index in [0.717, 1.165) is 6.42 Å². The Bertz CT molecular complexity index is 102. The fourth-order valence-corrected chi connectivity index (χ4v) is 0.519. The van der Waals surface area contributed by atoms with Crippen LogP contribution in [0.4, 0.5) is 8.78 Å². The summed E-state index contributed by atoms with van der Waals surface area (Å²) < 4.78 is 29.7. The van der Waals surface area contributed by atoms with Gasteiger partial charge in [-0.3, -0.25) is 0 Å². The standard InChI is InChI=1S/C8H16F2O/c1-4-5-6-11-8(9,10)7(2)3/h7H,4-6H2,1-3H3. The van der Waals surface area contributed by atoms with Gasteiger partial charge in [-0.05, 0) is 6.42 Å². The first-order chi connectivity index (χ1) is 5.00. The van der Waals surface area contributed by atoms with Gasteiger partial charge < -0.3 is 4.74 Å². The summed E-state index contributed by atoms with van der Waals surface area (Å²) in [7, 11) is 0. The molecule has 0 fully saturated rings. The van der Waals surface area contributed by atoms with E-state index >= 15 is 0 Å². The van der Waals surface area contributed by atoms with Crippen molar-refractivity contribution in [3.63, 3.8) is 0 Å². The minimum Gasteiger partial charge on any atom is -0.320 e. The summed E-state index contributed by atoms with van der Waals surface area (Å²) in [6.45, 7) is 5.00. The number of halogens is 2. The molecule has 1 nitrogen and oxygen atoms in total. The first kappa shape index (κ1) is 10.8. The van der Waals surface area contributed by atoms with Crippen LogP contribution in [0, 0.1) is 5.92 Å². The lowest BCUT2D eigenvalue weighted by Gasteiger charge is -2.19. The second kappa shape index (κ2) is 4.65. The molecule has 0 N–H and O–H groups in total. The molecule has 0 radical (unpaired) electrons. The highest BCUT2D eigenvalue weighted by Crippen LogP contribution is 2.25. The van der Waals surface area contributed by atoms with Gasteiger partial charge in [0, 0.05) is 5.92 Å². The van der Waals surface area contributed by atoms with Crippen LogP contribution in [0.25, 0.3) is 0 Å². The van der Waals surface area contributed by atoms with Gasteiger partial charge in [0.25, 0.3) is 0 Å². The SMILES string of the molecule is CCCCOC(F)(F)C(C)C. The van der Waals surface area contributed by atoms with E-state index in [1.165, 1.54) is 13.8 Å². The van der Waals surface area contributed by atoms with E-state index in [1.54, 1.807) is 0 Å². The van der Waals surface area contributed by atoms with Gasteiger partial charge in [0.05, 0.1) is 6.61 Å². The molecule has 0 bridgehead atoms. The summed E-state index contributed by atoms with van der Waals surface area (Å²) in [4.78, 5) is 0. The van der Waals surface area contributed by atoms with Crippen molar-refractivity contribution < 1.29 is 13.5 Å². The predicted octanol–water partition coefficient (Wildman–Crippen LogP) is 3.05. The van der Waals surface area contributed by atoms with Crippen molar-refractivity contribution >= 4 is 0 Å². The molecule has 0 saturated heterocycles. The molecule has 68 valence electrons. The number of ether oxygens (including phenoxy) is 1. The highest BCUT2D eigenvalue weighted by molar-refractivity contribution is 4.57. The Kier molecular flexibility index (Phi) is 4.57. The molecule has 11 heavy (non-hydrogen) atoms. The van der Waals surface area contributed by atoms with E-state index in [9.17, 15) is 8.78 Å². The maximum Gasteiger partial charge on any atom is 0.357 e. The van der Waals surface area contributed by atoms with Crippen molar-refractivity contribution in [3.05, 3.63) is 0 Å². The number of rotatable bonds is 5. The molecule has 0 spiro atoms. The zero-order valence-electron chi connectivity index (χ0n) is 7.36. The predicted molar refractivity (Wildman–Crippen MR) is 40.6 cm³/mol. The fourth-order valence-electron chi connectivity index (χ4n) is 0.519. The highest BCUT2D eigenvalue weighted by Gasteiger charge is 2.33. The summed E-state index contributed by atoms with van der Waals surface area (Å²) >= 11 is 0. The normalized spacial score (nSPS) is 12.5. The Morgan fingerprint density at radius 3 is 2.27 bits per heavy atom. The minimum atomic E-state index is -2.95. The zero-order valence-corrected chi connectivity index (χ0v) is 7.36. The number of hydrogen-bond acceptors (Lipinski definition) is 1. The second-order valence-electron chi connectivity index (χ2n) is 2.92. The average Bonchev–Trinajstić information content (AvgIpc) is 1.88. The maximum atomic E-state index is 12.6. The molecule has 0 aromatic heterocycles. The summed E-state index contributed by atoms with van der Waals surface area (Å²) in [5.41, 5.74) is 0. The van der Waals surface area contributed by atoms with E-state index < -0.39 is 12.0 Å². The van der Waals surface area contributed by atoms with Gasteiger partial charge >= 0.3 is 6.11 Å². The molecule has 0 aliphatic carbocycles. The van der Waals surface area contributed by atoms with E-state index in [2.05, 4.69) is 4.74 Å². The Morgan fingerprint density at radius 1 is 1.36 bits per heavy atom. The lowest BCUT2D eigenvalue weighted by Crippen LogP contribution is -2.27. The summed E-state index contributed by atoms with van der Waals surface area (Å²) in [5.74, 6) is -0.737. The molecule has 0 aromatic rings. The molecule has 0 unspecified atom stereocenters. The smallest absolute Gasteiger partial charge is 0.320 e. The molecule has 0 rings (SSSR count). The molecule has 0 atom stereocenters. The Labute approximate surface area is 66.7 Å². The highest BCUT2D eigenvalue weighted by atomic mass is 19.3. The molecular weight excluding hydrogens is 150 g/mol. The van der Waals surface area contributed by atoms with E-state index in [4.69, 9.17) is 0 Å². The summed E-state index contributed by atoms with van der Waals surface area (Å²) in [6, 6.07) is 0. The van der Waals surface area contributed by atoms with Crippen LogP contribution in [0.15, 0.2) is 0 Å². The van der Waals surface area contributed by atoms with Gasteiger partial charge in [-0.15, -0.1) is 0 Å². The lowest BCUT2D eigenvalue weighted by molar-refractivity contribution is -0.265. The minimum absolute atomic E-state index is 0.154. The fraction of sp³-hybridized carbons (Fsp3) is 1.00. The Hall–Kier alpha value is -0.180. The zero-order chi connectivity index (χ0) is 8.91. The van der Waals surface area contributed by atoms with Crippen molar-refractivity contribution in [3.8, 4) is 0 Å². The van der Waals surface area contributed by atoms with E-state index in [1.807, 2.05) is 6.92 Å². The summed E-state index contributed by atoms with van der Waals surface area (Å²) in [6.07, 6.45) is -1.37. The Balaban J connectivity index is 3.55. The number of unbranched alkanes of at least 4 members (excludes halogenated alkanes) is 1. The maximum absolute atomic E-state index is 12.6. The molecule has 3 heteroatoms. The molecular formula is C8H16F2O. The molecule has 0 saturated carbocycles. The van der Waals surface area contributed by atoms with Crippen molar-refractivity contribution in [1.29, 1.82) is 0 Å². The third-order valence-electron chi connectivity index (χ3n) is 1.46. The largest absolute Gasteiger partial charge is 0.357 e. The van der Waals surface area contributed by atoms with E-state index in [0.29, 0.717) is 6.42 Å². The average molecular weight is 166 g/mol. The first-order valence-electron chi connectivity index (χ1n) is 4.02. The van der Waals surface area contributed by atoms with Gasteiger partial charge in [-0.1, -0.05) is 27.2 Å². The molecule has 0 aliphatic rings. The van der Waals surface area contributed by atoms with Gasteiger partial charge in [-0.25, -0.2) is 0 Å². The summed E-state index contributed by atoms with van der Waals surface area (Å²) in [5, 5.41) is 0. The van der Waals surface area contributed by atoms with Crippen molar-refractivity contribution in [2.75, 3.05) is 6.61 Å². The van der Waals surface area contributed by atoms with Gasteiger partial charge in [0.15, 0.2) is 0 Å². The third-order valence-corrected chi connectivity index (χ3v) is 1.46. The molecule has 0 heterocycles. The van der Waals surface area contributed by atoms with Crippen LogP contribution >= 0.6 is 0 Å². The van der Waals surface area contributed by atoms with Crippen LogP contribution in [0.2, 0.25) is 0 Å². The molecule has 0 amide bonds. The van der Waals surface area contributed by atoms with Gasteiger partial charge in [-0.2, -0.15) is 8.78 Å². The topological polar surface area (TPSA) is 9.23 Å². The molecule has 0 aliphatic heterocycles. The lowest BCUT2D eigenvalue weighted by atomic mass is 10.2. The van der Waals surface area contributed by atoms with Crippen LogP contribution in [-0.4, -0.2) is 12.7 Å². The van der Waals surface area contributed by atoms with Crippen LogP contribution in [0.3, 0.4) is 0 Å².